The number of ether oxygens (including phenoxy) is 1. The van der Waals surface area contributed by atoms with Crippen molar-refractivity contribution >= 4 is 16.7 Å². The molecule has 0 aliphatic carbocycles. The quantitative estimate of drug-likeness (QED) is 0.489. The van der Waals surface area contributed by atoms with Crippen molar-refractivity contribution in [3.8, 4) is 5.75 Å². The molecule has 1 aromatic heterocycles. The predicted molar refractivity (Wildman–Crippen MR) is 121 cm³/mol. The molecule has 2 atom stereocenters. The average Bonchev–Trinajstić information content (AvgIpc) is 2.78. The Balaban J connectivity index is 1.45. The third-order valence-corrected chi connectivity index (χ3v) is 6.38. The Morgan fingerprint density at radius 3 is 2.73 bits per heavy atom. The van der Waals surface area contributed by atoms with Gasteiger partial charge in [-0.3, -0.25) is 14.7 Å². The summed E-state index contributed by atoms with van der Waals surface area (Å²) in [7, 11) is 1.69. The molecular weight excluding hydrogens is 372 g/mol. The highest BCUT2D eigenvalue weighted by Gasteiger charge is 2.29. The van der Waals surface area contributed by atoms with Crippen LogP contribution < -0.4 is 4.74 Å². The number of carbonyl (C=O) groups excluding carboxylic acids is 1. The van der Waals surface area contributed by atoms with Crippen LogP contribution in [0.3, 0.4) is 0 Å². The molecule has 4 rings (SSSR count). The van der Waals surface area contributed by atoms with Crippen LogP contribution in [-0.2, 0) is 6.54 Å². The number of fused-ring (bicyclic) bond motifs is 1. The maximum absolute atomic E-state index is 13.1. The maximum atomic E-state index is 13.1. The maximum Gasteiger partial charge on any atom is 0.165 e. The van der Waals surface area contributed by atoms with E-state index in [-0.39, 0.29) is 5.78 Å². The van der Waals surface area contributed by atoms with E-state index in [4.69, 9.17) is 4.74 Å². The van der Waals surface area contributed by atoms with Crippen LogP contribution in [0.25, 0.3) is 10.9 Å². The van der Waals surface area contributed by atoms with Crippen molar-refractivity contribution < 1.29 is 9.53 Å². The first-order valence-corrected chi connectivity index (χ1v) is 10.9. The zero-order chi connectivity index (χ0) is 20.9. The summed E-state index contributed by atoms with van der Waals surface area (Å²) in [5.74, 6) is 1.67. The van der Waals surface area contributed by atoms with Crippen LogP contribution in [0, 0.1) is 5.92 Å². The van der Waals surface area contributed by atoms with E-state index < -0.39 is 0 Å². The largest absolute Gasteiger partial charge is 0.497 e. The second-order valence-corrected chi connectivity index (χ2v) is 8.35. The first kappa shape index (κ1) is 20.5. The lowest BCUT2D eigenvalue weighted by atomic mass is 9.86. The molecule has 30 heavy (non-hydrogen) atoms. The molecule has 1 aliphatic heterocycles. The molecule has 156 valence electrons. The van der Waals surface area contributed by atoms with Gasteiger partial charge in [0.05, 0.1) is 12.6 Å². The van der Waals surface area contributed by atoms with E-state index in [0.717, 1.165) is 41.7 Å². The number of piperidine rings is 1. The van der Waals surface area contributed by atoms with Gasteiger partial charge in [0.25, 0.3) is 0 Å². The van der Waals surface area contributed by atoms with Gasteiger partial charge in [0, 0.05) is 36.2 Å². The van der Waals surface area contributed by atoms with E-state index in [1.807, 2.05) is 42.5 Å². The Kier molecular flexibility index (Phi) is 6.44. The summed E-state index contributed by atoms with van der Waals surface area (Å²) in [6, 6.07) is 18.6. The molecule has 4 heteroatoms. The van der Waals surface area contributed by atoms with Crippen molar-refractivity contribution in [3.63, 3.8) is 0 Å². The molecule has 0 bridgehead atoms. The first-order chi connectivity index (χ1) is 14.7. The van der Waals surface area contributed by atoms with Gasteiger partial charge in [0.15, 0.2) is 5.78 Å². The van der Waals surface area contributed by atoms with Gasteiger partial charge in [0.2, 0.25) is 0 Å². The fraction of sp³-hybridized carbons (Fsp3) is 0.385. The van der Waals surface area contributed by atoms with Gasteiger partial charge in [-0.1, -0.05) is 37.3 Å². The Morgan fingerprint density at radius 1 is 1.13 bits per heavy atom. The molecule has 2 heterocycles. The summed E-state index contributed by atoms with van der Waals surface area (Å²) in [5, 5.41) is 1.02. The second kappa shape index (κ2) is 9.40. The zero-order valence-electron chi connectivity index (χ0n) is 17.9. The summed E-state index contributed by atoms with van der Waals surface area (Å²) >= 11 is 0. The monoisotopic (exact) mass is 402 g/mol. The highest BCUT2D eigenvalue weighted by molar-refractivity contribution is 6.06. The Hall–Kier alpha value is -2.72. The zero-order valence-corrected chi connectivity index (χ0v) is 17.9. The number of hydrogen-bond acceptors (Lipinski definition) is 4. The van der Waals surface area contributed by atoms with E-state index in [9.17, 15) is 4.79 Å². The molecule has 3 aromatic rings. The molecule has 0 radical (unpaired) electrons. The summed E-state index contributed by atoms with van der Waals surface area (Å²) in [4.78, 5) is 20.1. The highest BCUT2D eigenvalue weighted by Crippen LogP contribution is 2.29. The molecule has 1 aliphatic rings. The van der Waals surface area contributed by atoms with E-state index >= 15 is 0 Å². The fourth-order valence-electron chi connectivity index (χ4n) is 4.71. The number of aromatic nitrogens is 1. The third kappa shape index (κ3) is 4.54. The van der Waals surface area contributed by atoms with E-state index in [0.29, 0.717) is 18.4 Å². The Bertz CT molecular complexity index is 994. The number of ketones is 1. The summed E-state index contributed by atoms with van der Waals surface area (Å²) < 4.78 is 5.28. The molecule has 1 saturated heterocycles. The summed E-state index contributed by atoms with van der Waals surface area (Å²) in [6.07, 6.45) is 5.66. The van der Waals surface area contributed by atoms with Gasteiger partial charge < -0.3 is 4.74 Å². The van der Waals surface area contributed by atoms with Gasteiger partial charge in [-0.25, -0.2) is 0 Å². The smallest absolute Gasteiger partial charge is 0.165 e. The van der Waals surface area contributed by atoms with Crippen molar-refractivity contribution in [3.05, 3.63) is 71.9 Å². The van der Waals surface area contributed by atoms with E-state index in [1.165, 1.54) is 18.4 Å². The van der Waals surface area contributed by atoms with Gasteiger partial charge >= 0.3 is 0 Å². The number of benzene rings is 2. The molecule has 2 aromatic carbocycles. The average molecular weight is 403 g/mol. The van der Waals surface area contributed by atoms with Crippen molar-refractivity contribution in [2.75, 3.05) is 13.7 Å². The molecular formula is C26H30N2O2. The second-order valence-electron chi connectivity index (χ2n) is 8.35. The fourth-order valence-corrected chi connectivity index (χ4v) is 4.71. The number of methoxy groups -OCH3 is 1. The van der Waals surface area contributed by atoms with Crippen LogP contribution in [0.2, 0.25) is 0 Å². The first-order valence-electron chi connectivity index (χ1n) is 10.9. The van der Waals surface area contributed by atoms with Gasteiger partial charge in [0.1, 0.15) is 5.75 Å². The molecule has 4 nitrogen and oxygen atoms in total. The number of carbonyl (C=O) groups is 1. The lowest BCUT2D eigenvalue weighted by Crippen LogP contribution is -2.44. The van der Waals surface area contributed by atoms with Crippen LogP contribution in [-0.4, -0.2) is 35.4 Å². The molecule has 1 fully saturated rings. The lowest BCUT2D eigenvalue weighted by Gasteiger charge is -2.40. The minimum Gasteiger partial charge on any atom is -0.497 e. The Labute approximate surface area is 178 Å². The van der Waals surface area contributed by atoms with Crippen molar-refractivity contribution in [2.24, 2.45) is 5.92 Å². The predicted octanol–water partition coefficient (Wildman–Crippen LogP) is 5.51. The summed E-state index contributed by atoms with van der Waals surface area (Å²) in [5.41, 5.74) is 2.86. The molecule has 0 unspecified atom stereocenters. The molecule has 0 spiro atoms. The number of hydrogen-bond donors (Lipinski definition) is 0. The lowest BCUT2D eigenvalue weighted by molar-refractivity contribution is 0.0779. The SMILES string of the molecule is COc1ccc(CN2CCC[C@@H](C)[C@H]2CCC(=O)c2cccc3cccnc23)cc1. The van der Waals surface area contributed by atoms with Crippen LogP contribution in [0.4, 0.5) is 0 Å². The normalized spacial score (nSPS) is 19.7. The number of likely N-dealkylation sites (tertiary alicyclic amines) is 1. The number of pyridine rings is 1. The molecule has 0 N–H and O–H groups in total. The van der Waals surface area contributed by atoms with Gasteiger partial charge in [-0.05, 0) is 61.6 Å². The minimum absolute atomic E-state index is 0.196. The topological polar surface area (TPSA) is 42.4 Å². The number of para-hydroxylation sites is 1. The van der Waals surface area contributed by atoms with Crippen LogP contribution in [0.5, 0.6) is 5.75 Å². The van der Waals surface area contributed by atoms with Crippen molar-refractivity contribution in [2.45, 2.75) is 45.2 Å². The summed E-state index contributed by atoms with van der Waals surface area (Å²) in [6.45, 7) is 4.34. The highest BCUT2D eigenvalue weighted by atomic mass is 16.5. The molecule has 0 saturated carbocycles. The number of nitrogens with zero attached hydrogens (tertiary/aromatic N) is 2. The third-order valence-electron chi connectivity index (χ3n) is 6.38. The van der Waals surface area contributed by atoms with E-state index in [1.54, 1.807) is 13.3 Å². The number of rotatable bonds is 7. The van der Waals surface area contributed by atoms with Crippen LogP contribution >= 0.6 is 0 Å². The number of Topliss-reactive ketones (excluding diaryl/α,β-unsaturated/α-hetero) is 1. The molecule has 0 amide bonds. The van der Waals surface area contributed by atoms with Crippen molar-refractivity contribution in [1.82, 2.24) is 9.88 Å². The van der Waals surface area contributed by atoms with Gasteiger partial charge in [-0.2, -0.15) is 0 Å². The van der Waals surface area contributed by atoms with Crippen LogP contribution in [0.1, 0.15) is 48.5 Å². The van der Waals surface area contributed by atoms with Gasteiger partial charge in [-0.15, -0.1) is 0 Å². The van der Waals surface area contributed by atoms with Crippen molar-refractivity contribution in [1.29, 1.82) is 0 Å². The standard InChI is InChI=1S/C26H30N2O2/c1-19-6-5-17-28(18-20-10-12-22(30-2)13-11-20)24(19)14-15-25(29)23-9-3-7-21-8-4-16-27-26(21)23/h3-4,7-13,16,19,24H,5-6,14-15,17-18H2,1-2H3/t19-,24-/m1/s1. The minimum atomic E-state index is 0.196. The van der Waals surface area contributed by atoms with E-state index in [2.05, 4.69) is 28.9 Å². The van der Waals surface area contributed by atoms with Crippen LogP contribution in [0.15, 0.2) is 60.8 Å². The Morgan fingerprint density at radius 2 is 1.93 bits per heavy atom.